The zero-order chi connectivity index (χ0) is 36.7. The second-order valence-corrected chi connectivity index (χ2v) is 14.5. The van der Waals surface area contributed by atoms with Crippen LogP contribution in [0.2, 0.25) is 0 Å². The monoisotopic (exact) mass is 713 g/mol. The summed E-state index contributed by atoms with van der Waals surface area (Å²) in [5.74, 6) is 0.662. The van der Waals surface area contributed by atoms with Gasteiger partial charge >= 0.3 is 0 Å². The van der Waals surface area contributed by atoms with Crippen molar-refractivity contribution in [3.63, 3.8) is 0 Å². The summed E-state index contributed by atoms with van der Waals surface area (Å²) in [6, 6.07) is 66.6. The summed E-state index contributed by atoms with van der Waals surface area (Å²) >= 11 is 0. The van der Waals surface area contributed by atoms with E-state index in [0.717, 1.165) is 55.7 Å². The molecule has 12 rings (SSSR count). The largest absolute Gasteiger partial charge is 0.452 e. The quantitative estimate of drug-likeness (QED) is 0.167. The van der Waals surface area contributed by atoms with Crippen LogP contribution in [0.15, 0.2) is 192 Å². The van der Waals surface area contributed by atoms with E-state index in [9.17, 15) is 0 Å². The maximum Gasteiger partial charge on any atom is 0.180 e. The molecule has 9 aromatic carbocycles. The van der Waals surface area contributed by atoms with Crippen molar-refractivity contribution in [2.24, 2.45) is 0 Å². The van der Waals surface area contributed by atoms with Gasteiger partial charge in [-0.1, -0.05) is 158 Å². The SMILES string of the molecule is c1ccc(-c2ccc(-c3nc(-c4ccccc4)nc4c3oc3cccc(-c5cccc(-n6c7cccc8c9ccccc9c9cccc6c9c87)c5)c34)cc2)cc1. The summed E-state index contributed by atoms with van der Waals surface area (Å²) in [6.07, 6.45) is 0. The first-order valence-corrected chi connectivity index (χ1v) is 19.0. The summed E-state index contributed by atoms with van der Waals surface area (Å²) in [4.78, 5) is 10.4. The Balaban J connectivity index is 1.08. The van der Waals surface area contributed by atoms with E-state index in [-0.39, 0.29) is 0 Å². The molecule has 0 amide bonds. The Morgan fingerprint density at radius 1 is 0.393 bits per heavy atom. The van der Waals surface area contributed by atoms with E-state index >= 15 is 0 Å². The molecule has 0 aliphatic carbocycles. The maximum atomic E-state index is 6.76. The highest BCUT2D eigenvalue weighted by molar-refractivity contribution is 6.34. The van der Waals surface area contributed by atoms with Crippen LogP contribution >= 0.6 is 0 Å². The highest BCUT2D eigenvalue weighted by Crippen LogP contribution is 2.45. The molecular weight excluding hydrogens is 683 g/mol. The number of rotatable bonds is 5. The van der Waals surface area contributed by atoms with Crippen molar-refractivity contribution < 1.29 is 4.42 Å². The van der Waals surface area contributed by atoms with Crippen LogP contribution in [0.25, 0.3) is 116 Å². The summed E-state index contributed by atoms with van der Waals surface area (Å²) in [6.45, 7) is 0. The van der Waals surface area contributed by atoms with Gasteiger partial charge in [-0.25, -0.2) is 9.97 Å². The fourth-order valence-corrected chi connectivity index (χ4v) is 8.89. The molecule has 0 unspecified atom stereocenters. The predicted octanol–water partition coefficient (Wildman–Crippen LogP) is 13.9. The van der Waals surface area contributed by atoms with Gasteiger partial charge in [0.05, 0.1) is 16.4 Å². The van der Waals surface area contributed by atoms with Crippen molar-refractivity contribution in [2.75, 3.05) is 0 Å². The Labute approximate surface area is 321 Å². The fourth-order valence-electron chi connectivity index (χ4n) is 8.89. The van der Waals surface area contributed by atoms with Crippen molar-refractivity contribution in [3.8, 4) is 50.6 Å². The van der Waals surface area contributed by atoms with Gasteiger partial charge in [-0.2, -0.15) is 0 Å². The van der Waals surface area contributed by atoms with Crippen LogP contribution in [-0.4, -0.2) is 14.5 Å². The Hall–Kier alpha value is -7.56. The summed E-state index contributed by atoms with van der Waals surface area (Å²) in [5.41, 5.74) is 12.9. The van der Waals surface area contributed by atoms with Crippen molar-refractivity contribution >= 4 is 65.4 Å². The first-order valence-electron chi connectivity index (χ1n) is 19.0. The van der Waals surface area contributed by atoms with Crippen LogP contribution in [0.1, 0.15) is 0 Å². The van der Waals surface area contributed by atoms with Crippen LogP contribution < -0.4 is 0 Å². The van der Waals surface area contributed by atoms with Gasteiger partial charge < -0.3 is 8.98 Å². The van der Waals surface area contributed by atoms with Crippen molar-refractivity contribution in [1.29, 1.82) is 0 Å². The lowest BCUT2D eigenvalue weighted by atomic mass is 9.95. The number of hydrogen-bond acceptors (Lipinski definition) is 3. The molecule has 3 heterocycles. The van der Waals surface area contributed by atoms with E-state index in [2.05, 4.69) is 162 Å². The van der Waals surface area contributed by atoms with Gasteiger partial charge in [-0.15, -0.1) is 0 Å². The minimum absolute atomic E-state index is 0.662. The molecule has 0 fully saturated rings. The molecule has 12 aromatic rings. The third kappa shape index (κ3) is 4.53. The third-order valence-corrected chi connectivity index (χ3v) is 11.4. The van der Waals surface area contributed by atoms with E-state index in [1.807, 2.05) is 30.3 Å². The van der Waals surface area contributed by atoms with Gasteiger partial charge in [0, 0.05) is 27.6 Å². The molecule has 0 saturated carbocycles. The second-order valence-electron chi connectivity index (χ2n) is 14.5. The predicted molar refractivity (Wildman–Crippen MR) is 232 cm³/mol. The molecule has 0 aliphatic heterocycles. The van der Waals surface area contributed by atoms with Gasteiger partial charge in [0.15, 0.2) is 11.4 Å². The average Bonchev–Trinajstić information content (AvgIpc) is 3.83. The van der Waals surface area contributed by atoms with E-state index in [4.69, 9.17) is 14.4 Å². The van der Waals surface area contributed by atoms with Gasteiger partial charge in [0.25, 0.3) is 0 Å². The Morgan fingerprint density at radius 3 is 1.64 bits per heavy atom. The van der Waals surface area contributed by atoms with Gasteiger partial charge in [0.2, 0.25) is 0 Å². The topological polar surface area (TPSA) is 43.9 Å². The summed E-state index contributed by atoms with van der Waals surface area (Å²) in [7, 11) is 0. The average molecular weight is 714 g/mol. The molecule has 0 radical (unpaired) electrons. The van der Waals surface area contributed by atoms with Crippen LogP contribution in [0.4, 0.5) is 0 Å². The summed E-state index contributed by atoms with van der Waals surface area (Å²) in [5, 5.41) is 8.72. The van der Waals surface area contributed by atoms with Crippen LogP contribution in [-0.2, 0) is 0 Å². The Kier molecular flexibility index (Phi) is 6.60. The first-order chi connectivity index (χ1) is 27.8. The first kappa shape index (κ1) is 30.9. The van der Waals surface area contributed by atoms with Crippen molar-refractivity contribution in [3.05, 3.63) is 188 Å². The zero-order valence-corrected chi connectivity index (χ0v) is 30.1. The highest BCUT2D eigenvalue weighted by atomic mass is 16.3. The van der Waals surface area contributed by atoms with E-state index < -0.39 is 0 Å². The van der Waals surface area contributed by atoms with Crippen molar-refractivity contribution in [2.45, 2.75) is 0 Å². The lowest BCUT2D eigenvalue weighted by Crippen LogP contribution is -1.95. The van der Waals surface area contributed by atoms with Crippen LogP contribution in [0.5, 0.6) is 0 Å². The molecule has 3 aromatic heterocycles. The number of hydrogen-bond donors (Lipinski definition) is 0. The zero-order valence-electron chi connectivity index (χ0n) is 30.1. The fraction of sp³-hybridized carbons (Fsp3) is 0. The van der Waals surface area contributed by atoms with Gasteiger partial charge in [0.1, 0.15) is 16.8 Å². The van der Waals surface area contributed by atoms with E-state index in [1.54, 1.807) is 0 Å². The Morgan fingerprint density at radius 2 is 0.946 bits per heavy atom. The normalized spacial score (nSPS) is 11.9. The minimum atomic E-state index is 0.662. The number of fused-ring (bicyclic) bond motifs is 6. The van der Waals surface area contributed by atoms with E-state index in [0.29, 0.717) is 11.4 Å². The number of aromatic nitrogens is 3. The molecular formula is C52H31N3O. The molecule has 56 heavy (non-hydrogen) atoms. The molecule has 4 heteroatoms. The van der Waals surface area contributed by atoms with Gasteiger partial charge in [-0.3, -0.25) is 0 Å². The Bertz CT molecular complexity index is 3370. The number of nitrogens with zero attached hydrogens (tertiary/aromatic N) is 3. The molecule has 0 spiro atoms. The third-order valence-electron chi connectivity index (χ3n) is 11.4. The lowest BCUT2D eigenvalue weighted by Gasteiger charge is -2.11. The molecule has 260 valence electrons. The molecule has 0 aliphatic rings. The standard InChI is InChI=1S/C52H31N3O/c1-3-13-32(14-4-1)33-27-29-34(30-28-33)49-51-50(54-52(53-49)35-15-5-2-6-16-35)48-38(21-12-26-45(48)56-51)36-17-9-18-37(31-36)55-43-24-10-22-41-39-19-7-8-20-40(39)42-23-11-25-44(55)47(42)46(41)43/h1-31H. The van der Waals surface area contributed by atoms with E-state index in [1.165, 1.54) is 48.9 Å². The smallest absolute Gasteiger partial charge is 0.180 e. The van der Waals surface area contributed by atoms with Gasteiger partial charge in [-0.05, 0) is 74.1 Å². The van der Waals surface area contributed by atoms with Crippen LogP contribution in [0, 0.1) is 0 Å². The molecule has 4 nitrogen and oxygen atoms in total. The highest BCUT2D eigenvalue weighted by Gasteiger charge is 2.23. The number of benzene rings is 9. The molecule has 0 bridgehead atoms. The summed E-state index contributed by atoms with van der Waals surface area (Å²) < 4.78 is 9.18. The molecule has 0 atom stereocenters. The molecule has 0 saturated heterocycles. The second kappa shape index (κ2) is 12.0. The number of furan rings is 1. The maximum absolute atomic E-state index is 6.76. The molecule has 0 N–H and O–H groups in total. The lowest BCUT2D eigenvalue weighted by molar-refractivity contribution is 0.667. The van der Waals surface area contributed by atoms with Crippen LogP contribution in [0.3, 0.4) is 0 Å². The minimum Gasteiger partial charge on any atom is -0.452 e. The van der Waals surface area contributed by atoms with Crippen molar-refractivity contribution in [1.82, 2.24) is 14.5 Å².